The van der Waals surface area contributed by atoms with E-state index in [1.165, 1.54) is 29.2 Å². The SMILES string of the molecule is Cc1cccc(C)c1/C=C/C1CCN(CC2OC=CO2)C(=O)C1. The van der Waals surface area contributed by atoms with Gasteiger partial charge in [-0.1, -0.05) is 30.4 Å². The molecule has 2 aliphatic rings. The van der Waals surface area contributed by atoms with Gasteiger partial charge >= 0.3 is 0 Å². The Morgan fingerprint density at radius 1 is 1.22 bits per heavy atom. The fourth-order valence-corrected chi connectivity index (χ4v) is 3.12. The van der Waals surface area contributed by atoms with Crippen LogP contribution in [0.1, 0.15) is 29.5 Å². The zero-order valence-corrected chi connectivity index (χ0v) is 13.7. The van der Waals surface area contributed by atoms with E-state index < -0.39 is 0 Å². The predicted molar refractivity (Wildman–Crippen MR) is 89.4 cm³/mol. The lowest BCUT2D eigenvalue weighted by atomic mass is 9.93. The monoisotopic (exact) mass is 313 g/mol. The van der Waals surface area contributed by atoms with Gasteiger partial charge in [0.1, 0.15) is 12.5 Å². The number of benzene rings is 1. The third kappa shape index (κ3) is 3.76. The number of ether oxygens (including phenoxy) is 2. The molecular weight excluding hydrogens is 290 g/mol. The van der Waals surface area contributed by atoms with Crippen molar-refractivity contribution in [2.75, 3.05) is 13.1 Å². The summed E-state index contributed by atoms with van der Waals surface area (Å²) >= 11 is 0. The molecule has 0 radical (unpaired) electrons. The zero-order valence-electron chi connectivity index (χ0n) is 13.7. The van der Waals surface area contributed by atoms with E-state index in [4.69, 9.17) is 9.47 Å². The maximum Gasteiger partial charge on any atom is 0.257 e. The molecule has 122 valence electrons. The van der Waals surface area contributed by atoms with Crippen LogP contribution in [-0.4, -0.2) is 30.2 Å². The van der Waals surface area contributed by atoms with Gasteiger partial charge in [0.25, 0.3) is 6.29 Å². The number of carbonyl (C=O) groups is 1. The smallest absolute Gasteiger partial charge is 0.257 e. The van der Waals surface area contributed by atoms with Crippen LogP contribution in [0.3, 0.4) is 0 Å². The molecule has 0 aromatic heterocycles. The predicted octanol–water partition coefficient (Wildman–Crippen LogP) is 3.40. The molecule has 2 aliphatic heterocycles. The van der Waals surface area contributed by atoms with Gasteiger partial charge in [0.15, 0.2) is 0 Å². The number of likely N-dealkylation sites (tertiary alicyclic amines) is 1. The summed E-state index contributed by atoms with van der Waals surface area (Å²) in [4.78, 5) is 14.1. The Morgan fingerprint density at radius 2 is 1.91 bits per heavy atom. The fourth-order valence-electron chi connectivity index (χ4n) is 3.12. The number of piperidine rings is 1. The number of carbonyl (C=O) groups excluding carboxylic acids is 1. The molecule has 0 saturated carbocycles. The van der Waals surface area contributed by atoms with Crippen LogP contribution in [0.2, 0.25) is 0 Å². The van der Waals surface area contributed by atoms with Crippen molar-refractivity contribution < 1.29 is 14.3 Å². The Labute approximate surface area is 137 Å². The molecule has 1 amide bonds. The van der Waals surface area contributed by atoms with E-state index in [2.05, 4.69) is 44.2 Å². The Kier molecular flexibility index (Phi) is 4.70. The molecule has 0 spiro atoms. The molecule has 4 nitrogen and oxygen atoms in total. The van der Waals surface area contributed by atoms with E-state index in [1.54, 1.807) is 0 Å². The summed E-state index contributed by atoms with van der Waals surface area (Å²) in [6.45, 7) is 5.50. The van der Waals surface area contributed by atoms with Crippen LogP contribution >= 0.6 is 0 Å². The topological polar surface area (TPSA) is 38.8 Å². The molecule has 0 aliphatic carbocycles. The molecule has 4 heteroatoms. The lowest BCUT2D eigenvalue weighted by Crippen LogP contribution is -2.42. The van der Waals surface area contributed by atoms with Crippen molar-refractivity contribution in [1.82, 2.24) is 4.90 Å². The number of nitrogens with zero attached hydrogens (tertiary/aromatic N) is 1. The van der Waals surface area contributed by atoms with Crippen LogP contribution in [-0.2, 0) is 14.3 Å². The minimum Gasteiger partial charge on any atom is -0.457 e. The van der Waals surface area contributed by atoms with Crippen LogP contribution < -0.4 is 0 Å². The Balaban J connectivity index is 1.57. The molecule has 1 aromatic carbocycles. The summed E-state index contributed by atoms with van der Waals surface area (Å²) in [7, 11) is 0. The van der Waals surface area contributed by atoms with E-state index in [1.807, 2.05) is 4.90 Å². The van der Waals surface area contributed by atoms with Gasteiger partial charge in [-0.3, -0.25) is 4.79 Å². The van der Waals surface area contributed by atoms with Crippen molar-refractivity contribution in [2.45, 2.75) is 33.0 Å². The second-order valence-electron chi connectivity index (χ2n) is 6.23. The van der Waals surface area contributed by atoms with E-state index in [9.17, 15) is 4.79 Å². The first-order chi connectivity index (χ1) is 11.1. The standard InChI is InChI=1S/C19H23NO3/c1-14-4-3-5-15(2)17(14)7-6-16-8-9-20(18(21)12-16)13-19-22-10-11-23-19/h3-7,10-11,16,19H,8-9,12-13H2,1-2H3/b7-6+. The molecule has 0 N–H and O–H groups in total. The van der Waals surface area contributed by atoms with Gasteiger partial charge in [0, 0.05) is 13.0 Å². The Bertz CT molecular complexity index is 607. The van der Waals surface area contributed by atoms with E-state index >= 15 is 0 Å². The van der Waals surface area contributed by atoms with Gasteiger partial charge in [-0.2, -0.15) is 0 Å². The normalized spacial score (nSPS) is 21.7. The number of aryl methyl sites for hydroxylation is 2. The molecule has 1 saturated heterocycles. The maximum atomic E-state index is 12.3. The van der Waals surface area contributed by atoms with Crippen molar-refractivity contribution in [3.05, 3.63) is 53.5 Å². The van der Waals surface area contributed by atoms with Gasteiger partial charge in [-0.15, -0.1) is 0 Å². The number of allylic oxidation sites excluding steroid dienone is 1. The van der Waals surface area contributed by atoms with Crippen LogP contribution in [0, 0.1) is 19.8 Å². The molecule has 1 aromatic rings. The van der Waals surface area contributed by atoms with Crippen LogP contribution in [0.25, 0.3) is 6.08 Å². The summed E-state index contributed by atoms with van der Waals surface area (Å²) < 4.78 is 10.5. The number of hydrogen-bond donors (Lipinski definition) is 0. The van der Waals surface area contributed by atoms with Gasteiger partial charge in [-0.05, 0) is 42.9 Å². The summed E-state index contributed by atoms with van der Waals surface area (Å²) in [5.74, 6) is 0.479. The van der Waals surface area contributed by atoms with E-state index in [0.717, 1.165) is 13.0 Å². The Morgan fingerprint density at radius 3 is 2.57 bits per heavy atom. The quantitative estimate of drug-likeness (QED) is 0.855. The largest absolute Gasteiger partial charge is 0.457 e. The van der Waals surface area contributed by atoms with Crippen LogP contribution in [0.15, 0.2) is 36.8 Å². The Hall–Kier alpha value is -2.23. The summed E-state index contributed by atoms with van der Waals surface area (Å²) in [6, 6.07) is 6.32. The number of hydrogen-bond acceptors (Lipinski definition) is 3. The number of amides is 1. The highest BCUT2D eigenvalue weighted by Gasteiger charge is 2.27. The fraction of sp³-hybridized carbons (Fsp3) is 0.421. The summed E-state index contributed by atoms with van der Waals surface area (Å²) in [5, 5.41) is 0. The molecule has 1 unspecified atom stereocenters. The summed E-state index contributed by atoms with van der Waals surface area (Å²) in [6.07, 6.45) is 8.60. The van der Waals surface area contributed by atoms with Gasteiger partial charge < -0.3 is 14.4 Å². The summed E-state index contributed by atoms with van der Waals surface area (Å²) in [5.41, 5.74) is 3.81. The van der Waals surface area contributed by atoms with Crippen molar-refractivity contribution in [3.63, 3.8) is 0 Å². The molecular formula is C19H23NO3. The average Bonchev–Trinajstić information content (AvgIpc) is 3.02. The second kappa shape index (κ2) is 6.90. The van der Waals surface area contributed by atoms with E-state index in [0.29, 0.717) is 18.9 Å². The van der Waals surface area contributed by atoms with E-state index in [-0.39, 0.29) is 12.2 Å². The third-order valence-electron chi connectivity index (χ3n) is 4.52. The zero-order chi connectivity index (χ0) is 16.2. The van der Waals surface area contributed by atoms with Crippen molar-refractivity contribution in [3.8, 4) is 0 Å². The lowest BCUT2D eigenvalue weighted by Gasteiger charge is -2.31. The highest BCUT2D eigenvalue weighted by atomic mass is 16.7. The first kappa shape index (κ1) is 15.7. The van der Waals surface area contributed by atoms with Crippen LogP contribution in [0.5, 0.6) is 0 Å². The first-order valence-electron chi connectivity index (χ1n) is 8.11. The first-order valence-corrected chi connectivity index (χ1v) is 8.11. The lowest BCUT2D eigenvalue weighted by molar-refractivity contribution is -0.139. The van der Waals surface area contributed by atoms with Crippen LogP contribution in [0.4, 0.5) is 0 Å². The van der Waals surface area contributed by atoms with Crippen molar-refractivity contribution >= 4 is 12.0 Å². The van der Waals surface area contributed by atoms with Gasteiger partial charge in [0.2, 0.25) is 5.91 Å². The minimum absolute atomic E-state index is 0.173. The maximum absolute atomic E-state index is 12.3. The molecule has 23 heavy (non-hydrogen) atoms. The highest BCUT2D eigenvalue weighted by Crippen LogP contribution is 2.23. The number of rotatable bonds is 4. The molecule has 2 heterocycles. The minimum atomic E-state index is -0.347. The molecule has 1 atom stereocenters. The third-order valence-corrected chi connectivity index (χ3v) is 4.52. The van der Waals surface area contributed by atoms with Gasteiger partial charge in [0.05, 0.1) is 6.54 Å². The van der Waals surface area contributed by atoms with Crippen molar-refractivity contribution in [2.24, 2.45) is 5.92 Å². The molecule has 0 bridgehead atoms. The molecule has 3 rings (SSSR count). The second-order valence-corrected chi connectivity index (χ2v) is 6.23. The molecule has 1 fully saturated rings. The van der Waals surface area contributed by atoms with Gasteiger partial charge in [-0.25, -0.2) is 0 Å². The highest BCUT2D eigenvalue weighted by molar-refractivity contribution is 5.77. The average molecular weight is 313 g/mol. The van der Waals surface area contributed by atoms with Crippen molar-refractivity contribution in [1.29, 1.82) is 0 Å².